The first-order chi connectivity index (χ1) is 6.36. The van der Waals surface area contributed by atoms with E-state index in [9.17, 15) is 0 Å². The summed E-state index contributed by atoms with van der Waals surface area (Å²) < 4.78 is 0. The molecular weight excluding hydrogens is 156 g/mol. The fraction of sp³-hybridized carbons (Fsp3) is 0.385. The van der Waals surface area contributed by atoms with Crippen LogP contribution in [0.15, 0.2) is 30.3 Å². The maximum atomic E-state index is 2.28. The number of allylic oxidation sites excluding steroid dienone is 1. The number of fused-ring (bicyclic) bond motifs is 1. The van der Waals surface area contributed by atoms with E-state index in [1.807, 2.05) is 13.8 Å². The normalized spacial score (nSPS) is 18.5. The summed E-state index contributed by atoms with van der Waals surface area (Å²) in [4.78, 5) is 0. The van der Waals surface area contributed by atoms with Crippen molar-refractivity contribution in [2.45, 2.75) is 27.2 Å². The summed E-state index contributed by atoms with van der Waals surface area (Å²) in [5.41, 5.74) is 2.88. The molecule has 1 aromatic rings. The highest BCUT2D eigenvalue weighted by Crippen LogP contribution is 2.21. The molecule has 0 saturated heterocycles. The Kier molecular flexibility index (Phi) is 3.75. The monoisotopic (exact) mass is 174 g/mol. The lowest BCUT2D eigenvalue weighted by molar-refractivity contribution is 0.717. The Bertz CT molecular complexity index is 284. The Hall–Kier alpha value is -1.04. The van der Waals surface area contributed by atoms with E-state index in [4.69, 9.17) is 0 Å². The zero-order valence-corrected chi connectivity index (χ0v) is 8.75. The molecule has 0 heterocycles. The molecule has 0 spiro atoms. The summed E-state index contributed by atoms with van der Waals surface area (Å²) in [6, 6.07) is 8.61. The minimum atomic E-state index is 0.713. The minimum Gasteiger partial charge on any atom is -0.0808 e. The van der Waals surface area contributed by atoms with Crippen molar-refractivity contribution in [2.75, 3.05) is 0 Å². The first-order valence-corrected chi connectivity index (χ1v) is 5.12. The molecule has 1 aliphatic rings. The lowest BCUT2D eigenvalue weighted by Gasteiger charge is -2.14. The van der Waals surface area contributed by atoms with Crippen LogP contribution in [0.1, 0.15) is 31.9 Å². The summed E-state index contributed by atoms with van der Waals surface area (Å²) in [5, 5.41) is 0. The van der Waals surface area contributed by atoms with E-state index in [1.54, 1.807) is 0 Å². The minimum absolute atomic E-state index is 0.713. The average Bonchev–Trinajstić information content (AvgIpc) is 2.21. The van der Waals surface area contributed by atoms with Crippen LogP contribution in [0.5, 0.6) is 0 Å². The van der Waals surface area contributed by atoms with Crippen LogP contribution in [0.3, 0.4) is 0 Å². The second kappa shape index (κ2) is 4.86. The summed E-state index contributed by atoms with van der Waals surface area (Å²) in [5.74, 6) is 0.713. The van der Waals surface area contributed by atoms with Gasteiger partial charge in [0.1, 0.15) is 0 Å². The van der Waals surface area contributed by atoms with E-state index >= 15 is 0 Å². The van der Waals surface area contributed by atoms with Crippen molar-refractivity contribution in [3.8, 4) is 0 Å². The number of hydrogen-bond acceptors (Lipinski definition) is 0. The van der Waals surface area contributed by atoms with E-state index in [2.05, 4.69) is 43.3 Å². The molecule has 0 aliphatic heterocycles. The van der Waals surface area contributed by atoms with Crippen molar-refractivity contribution in [1.29, 1.82) is 0 Å². The highest BCUT2D eigenvalue weighted by molar-refractivity contribution is 5.56. The predicted octanol–water partition coefficient (Wildman–Crippen LogP) is 3.92. The second-order valence-electron chi connectivity index (χ2n) is 3.24. The number of hydrogen-bond donors (Lipinski definition) is 0. The second-order valence-corrected chi connectivity index (χ2v) is 3.24. The van der Waals surface area contributed by atoms with E-state index in [0.29, 0.717) is 5.92 Å². The van der Waals surface area contributed by atoms with Gasteiger partial charge in [-0.15, -0.1) is 0 Å². The highest BCUT2D eigenvalue weighted by Gasteiger charge is 2.07. The Morgan fingerprint density at radius 1 is 1.15 bits per heavy atom. The SMILES string of the molecule is CC.CC1C=Cc2ccccc2C1. The van der Waals surface area contributed by atoms with Gasteiger partial charge in [0, 0.05) is 0 Å². The summed E-state index contributed by atoms with van der Waals surface area (Å²) in [6.45, 7) is 6.26. The first-order valence-electron chi connectivity index (χ1n) is 5.12. The molecular formula is C13H18. The lowest BCUT2D eigenvalue weighted by Crippen LogP contribution is -2.02. The van der Waals surface area contributed by atoms with Gasteiger partial charge in [-0.3, -0.25) is 0 Å². The predicted molar refractivity (Wildman–Crippen MR) is 59.7 cm³/mol. The molecule has 0 amide bonds. The van der Waals surface area contributed by atoms with Crippen LogP contribution in [0.4, 0.5) is 0 Å². The summed E-state index contributed by atoms with van der Waals surface area (Å²) in [7, 11) is 0. The van der Waals surface area contributed by atoms with Gasteiger partial charge >= 0.3 is 0 Å². The summed E-state index contributed by atoms with van der Waals surface area (Å²) >= 11 is 0. The van der Waals surface area contributed by atoms with Crippen LogP contribution >= 0.6 is 0 Å². The Morgan fingerprint density at radius 3 is 2.62 bits per heavy atom. The van der Waals surface area contributed by atoms with Gasteiger partial charge in [-0.2, -0.15) is 0 Å². The average molecular weight is 174 g/mol. The van der Waals surface area contributed by atoms with Gasteiger partial charge in [-0.25, -0.2) is 0 Å². The standard InChI is InChI=1S/C11H12.C2H6/c1-9-6-7-10-4-2-3-5-11(10)8-9;1-2/h2-7,9H,8H2,1H3;1-2H3. The Labute approximate surface area is 81.3 Å². The molecule has 0 N–H and O–H groups in total. The zero-order chi connectivity index (χ0) is 9.68. The van der Waals surface area contributed by atoms with Crippen LogP contribution in [0.25, 0.3) is 6.08 Å². The molecule has 2 rings (SSSR count). The Balaban J connectivity index is 0.000000396. The molecule has 0 fully saturated rings. The molecule has 0 bridgehead atoms. The maximum Gasteiger partial charge on any atom is -0.0212 e. The largest absolute Gasteiger partial charge is 0.0808 e. The zero-order valence-electron chi connectivity index (χ0n) is 8.75. The number of benzene rings is 1. The van der Waals surface area contributed by atoms with Crippen LogP contribution in [0, 0.1) is 5.92 Å². The number of rotatable bonds is 0. The van der Waals surface area contributed by atoms with Crippen LogP contribution in [-0.4, -0.2) is 0 Å². The molecule has 0 radical (unpaired) electrons. The van der Waals surface area contributed by atoms with Gasteiger partial charge in [0.2, 0.25) is 0 Å². The summed E-state index contributed by atoms with van der Waals surface area (Å²) in [6.07, 6.45) is 5.71. The fourth-order valence-corrected chi connectivity index (χ4v) is 1.57. The topological polar surface area (TPSA) is 0 Å². The molecule has 0 heteroatoms. The van der Waals surface area contributed by atoms with Crippen LogP contribution < -0.4 is 0 Å². The Morgan fingerprint density at radius 2 is 1.85 bits per heavy atom. The molecule has 1 aromatic carbocycles. The molecule has 1 unspecified atom stereocenters. The molecule has 1 aliphatic carbocycles. The van der Waals surface area contributed by atoms with Gasteiger partial charge in [0.25, 0.3) is 0 Å². The molecule has 0 aromatic heterocycles. The van der Waals surface area contributed by atoms with Crippen molar-refractivity contribution in [3.05, 3.63) is 41.5 Å². The van der Waals surface area contributed by atoms with Crippen molar-refractivity contribution in [2.24, 2.45) is 5.92 Å². The van der Waals surface area contributed by atoms with Crippen molar-refractivity contribution >= 4 is 6.08 Å². The third-order valence-corrected chi connectivity index (χ3v) is 2.20. The molecule has 70 valence electrons. The first kappa shape index (κ1) is 10.0. The van der Waals surface area contributed by atoms with Crippen molar-refractivity contribution < 1.29 is 0 Å². The fourth-order valence-electron chi connectivity index (χ4n) is 1.57. The molecule has 13 heavy (non-hydrogen) atoms. The van der Waals surface area contributed by atoms with Gasteiger partial charge in [0.15, 0.2) is 0 Å². The van der Waals surface area contributed by atoms with E-state index < -0.39 is 0 Å². The van der Waals surface area contributed by atoms with E-state index in [0.717, 1.165) is 0 Å². The van der Waals surface area contributed by atoms with Gasteiger partial charge in [-0.05, 0) is 23.5 Å². The van der Waals surface area contributed by atoms with Crippen molar-refractivity contribution in [1.82, 2.24) is 0 Å². The van der Waals surface area contributed by atoms with Crippen LogP contribution in [0.2, 0.25) is 0 Å². The molecule has 0 nitrogen and oxygen atoms in total. The third-order valence-electron chi connectivity index (χ3n) is 2.20. The molecule has 1 atom stereocenters. The van der Waals surface area contributed by atoms with Gasteiger partial charge in [0.05, 0.1) is 0 Å². The molecule has 0 saturated carbocycles. The van der Waals surface area contributed by atoms with Crippen molar-refractivity contribution in [3.63, 3.8) is 0 Å². The van der Waals surface area contributed by atoms with E-state index in [-0.39, 0.29) is 0 Å². The quantitative estimate of drug-likeness (QED) is 0.559. The lowest BCUT2D eigenvalue weighted by atomic mass is 9.91. The smallest absolute Gasteiger partial charge is 0.0212 e. The highest BCUT2D eigenvalue weighted by atomic mass is 14.1. The van der Waals surface area contributed by atoms with Crippen LogP contribution in [-0.2, 0) is 6.42 Å². The third kappa shape index (κ3) is 2.45. The maximum absolute atomic E-state index is 2.28. The van der Waals surface area contributed by atoms with Gasteiger partial charge in [-0.1, -0.05) is 57.2 Å². The van der Waals surface area contributed by atoms with Gasteiger partial charge < -0.3 is 0 Å². The van der Waals surface area contributed by atoms with E-state index in [1.165, 1.54) is 17.5 Å².